The zero-order chi connectivity index (χ0) is 22.0. The number of aryl methyl sites for hydroxylation is 3. The maximum atomic E-state index is 13.8. The zero-order valence-electron chi connectivity index (χ0n) is 16.5. The minimum atomic E-state index is -4.85. The van der Waals surface area contributed by atoms with Gasteiger partial charge in [-0.15, -0.1) is 0 Å². The van der Waals surface area contributed by atoms with Gasteiger partial charge in [-0.25, -0.2) is 8.42 Å². The average Bonchev–Trinajstić information content (AvgIpc) is 2.57. The summed E-state index contributed by atoms with van der Waals surface area (Å²) in [6.07, 6.45) is -4.85. The Labute approximate surface area is 174 Å². The molecule has 2 atom stereocenters. The molecule has 0 fully saturated rings. The molecule has 0 saturated carbocycles. The molecule has 4 nitrogen and oxygen atoms in total. The van der Waals surface area contributed by atoms with Crippen LogP contribution in [-0.2, 0) is 10.0 Å². The van der Waals surface area contributed by atoms with Crippen molar-refractivity contribution < 1.29 is 26.3 Å². The van der Waals surface area contributed by atoms with Crippen LogP contribution in [0.5, 0.6) is 5.75 Å². The molecule has 2 rings (SSSR count). The molecule has 0 spiro atoms. The van der Waals surface area contributed by atoms with E-state index in [4.69, 9.17) is 4.74 Å². The van der Waals surface area contributed by atoms with Gasteiger partial charge in [-0.1, -0.05) is 29.8 Å². The van der Waals surface area contributed by atoms with Gasteiger partial charge in [0.05, 0.1) is 16.8 Å². The number of nitrogens with one attached hydrogen (secondary N) is 1. The molecule has 160 valence electrons. The van der Waals surface area contributed by atoms with Gasteiger partial charge in [-0.3, -0.25) is 0 Å². The first kappa shape index (κ1) is 23.6. The molecule has 29 heavy (non-hydrogen) atoms. The molecule has 0 heterocycles. The van der Waals surface area contributed by atoms with Crippen LogP contribution in [0, 0.1) is 20.8 Å². The first-order valence-corrected chi connectivity index (χ1v) is 10.9. The van der Waals surface area contributed by atoms with Crippen molar-refractivity contribution in [1.29, 1.82) is 0 Å². The van der Waals surface area contributed by atoms with Crippen LogP contribution in [0.25, 0.3) is 0 Å². The van der Waals surface area contributed by atoms with Crippen molar-refractivity contribution in [3.63, 3.8) is 0 Å². The van der Waals surface area contributed by atoms with Crippen LogP contribution in [0.15, 0.2) is 41.3 Å². The number of benzene rings is 2. The van der Waals surface area contributed by atoms with Crippen LogP contribution in [0.3, 0.4) is 0 Å². The molecule has 2 aromatic rings. The van der Waals surface area contributed by atoms with Crippen molar-refractivity contribution in [2.24, 2.45) is 0 Å². The highest BCUT2D eigenvalue weighted by Crippen LogP contribution is 2.37. The Morgan fingerprint density at radius 2 is 1.69 bits per heavy atom. The summed E-state index contributed by atoms with van der Waals surface area (Å²) >= 11 is 4.11. The van der Waals surface area contributed by atoms with Gasteiger partial charge >= 0.3 is 6.18 Å². The number of sulfonamides is 1. The molecule has 2 unspecified atom stereocenters. The Hall–Kier alpha value is -1.71. The summed E-state index contributed by atoms with van der Waals surface area (Å²) < 4.78 is 74.3. The Kier molecular flexibility index (Phi) is 7.29. The highest BCUT2D eigenvalue weighted by molar-refractivity contribution is 7.89. The SMILES string of the molecule is CCOc1cccc(C(S)C(NS(=O)(=O)c2c(C)cc(C)cc2C)C(F)(F)F)c1. The van der Waals surface area contributed by atoms with Crippen LogP contribution in [-0.4, -0.2) is 27.2 Å². The van der Waals surface area contributed by atoms with Crippen molar-refractivity contribution in [2.45, 2.75) is 50.1 Å². The molecule has 0 bridgehead atoms. The zero-order valence-corrected chi connectivity index (χ0v) is 18.3. The van der Waals surface area contributed by atoms with E-state index >= 15 is 0 Å². The highest BCUT2D eigenvalue weighted by atomic mass is 32.2. The quantitative estimate of drug-likeness (QED) is 0.594. The molecule has 0 aliphatic rings. The summed E-state index contributed by atoms with van der Waals surface area (Å²) in [5.41, 5.74) is 1.78. The van der Waals surface area contributed by atoms with E-state index in [2.05, 4.69) is 12.6 Å². The molecule has 9 heteroatoms. The molecule has 0 amide bonds. The van der Waals surface area contributed by atoms with Crippen molar-refractivity contribution in [2.75, 3.05) is 6.61 Å². The fourth-order valence-corrected chi connectivity index (χ4v) is 5.47. The van der Waals surface area contributed by atoms with E-state index in [0.717, 1.165) is 5.56 Å². The van der Waals surface area contributed by atoms with Gasteiger partial charge < -0.3 is 4.74 Å². The molecular formula is C20H24F3NO3S2. The summed E-state index contributed by atoms with van der Waals surface area (Å²) in [5, 5.41) is -1.46. The second-order valence-corrected chi connectivity index (χ2v) is 9.03. The van der Waals surface area contributed by atoms with Gasteiger partial charge in [0.1, 0.15) is 11.8 Å². The second-order valence-electron chi connectivity index (χ2n) is 6.82. The first-order valence-electron chi connectivity index (χ1n) is 8.94. The maximum Gasteiger partial charge on any atom is 0.406 e. The summed E-state index contributed by atoms with van der Waals surface area (Å²) in [6.45, 7) is 7.00. The minimum Gasteiger partial charge on any atom is -0.494 e. The topological polar surface area (TPSA) is 55.4 Å². The molecule has 0 saturated heterocycles. The fraction of sp³-hybridized carbons (Fsp3) is 0.400. The van der Waals surface area contributed by atoms with Crippen LogP contribution in [0.1, 0.15) is 34.4 Å². The van der Waals surface area contributed by atoms with Gasteiger partial charge in [-0.2, -0.15) is 30.5 Å². The fourth-order valence-electron chi connectivity index (χ4n) is 3.27. The largest absolute Gasteiger partial charge is 0.494 e. The number of ether oxygens (including phenoxy) is 1. The summed E-state index contributed by atoms with van der Waals surface area (Å²) in [5.74, 6) is 0.387. The lowest BCUT2D eigenvalue weighted by Crippen LogP contribution is -2.48. The van der Waals surface area contributed by atoms with Gasteiger partial charge in [0.25, 0.3) is 0 Å². The summed E-state index contributed by atoms with van der Waals surface area (Å²) in [6, 6.07) is 6.85. The smallest absolute Gasteiger partial charge is 0.406 e. The van der Waals surface area contributed by atoms with Crippen molar-refractivity contribution in [3.8, 4) is 5.75 Å². The summed E-state index contributed by atoms with van der Waals surface area (Å²) in [7, 11) is -4.44. The second kappa shape index (κ2) is 8.97. The number of alkyl halides is 3. The maximum absolute atomic E-state index is 13.8. The van der Waals surface area contributed by atoms with E-state index in [-0.39, 0.29) is 10.5 Å². The predicted molar refractivity (Wildman–Crippen MR) is 110 cm³/mol. The van der Waals surface area contributed by atoms with E-state index in [1.165, 1.54) is 12.1 Å². The van der Waals surface area contributed by atoms with Crippen LogP contribution in [0.2, 0.25) is 0 Å². The number of hydrogen-bond acceptors (Lipinski definition) is 4. The molecule has 1 N–H and O–H groups in total. The Balaban J connectivity index is 2.45. The number of hydrogen-bond donors (Lipinski definition) is 2. The van der Waals surface area contributed by atoms with E-state index < -0.39 is 27.5 Å². The number of thiol groups is 1. The van der Waals surface area contributed by atoms with Gasteiger partial charge in [0.15, 0.2) is 0 Å². The Bertz CT molecular complexity index is 952. The Morgan fingerprint density at radius 1 is 1.10 bits per heavy atom. The van der Waals surface area contributed by atoms with Crippen LogP contribution < -0.4 is 9.46 Å². The molecule has 0 aromatic heterocycles. The summed E-state index contributed by atoms with van der Waals surface area (Å²) in [4.78, 5) is -0.152. The van der Waals surface area contributed by atoms with Crippen molar-refractivity contribution in [1.82, 2.24) is 4.72 Å². The third-order valence-electron chi connectivity index (χ3n) is 4.33. The monoisotopic (exact) mass is 447 g/mol. The third-order valence-corrected chi connectivity index (χ3v) is 6.68. The van der Waals surface area contributed by atoms with Gasteiger partial charge in [-0.05, 0) is 56.5 Å². The third kappa shape index (κ3) is 5.67. The van der Waals surface area contributed by atoms with Gasteiger partial charge in [0.2, 0.25) is 10.0 Å². The van der Waals surface area contributed by atoms with E-state index in [1.54, 1.807) is 52.0 Å². The van der Waals surface area contributed by atoms with E-state index in [0.29, 0.717) is 23.5 Å². The first-order chi connectivity index (χ1) is 13.4. The highest BCUT2D eigenvalue weighted by Gasteiger charge is 2.47. The Morgan fingerprint density at radius 3 is 2.21 bits per heavy atom. The standard InChI is InChI=1S/C20H24F3NO3S2/c1-5-27-16-8-6-7-15(11-16)17(28)19(20(21,22)23)24-29(25,26)18-13(3)9-12(2)10-14(18)4/h6-11,17,19,24,28H,5H2,1-4H3. The molecule has 2 aromatic carbocycles. The molecule has 0 aliphatic heterocycles. The number of rotatable bonds is 7. The van der Waals surface area contributed by atoms with Crippen molar-refractivity contribution >= 4 is 22.7 Å². The predicted octanol–water partition coefficient (Wildman–Crippen LogP) is 4.89. The van der Waals surface area contributed by atoms with Crippen LogP contribution >= 0.6 is 12.6 Å². The van der Waals surface area contributed by atoms with Crippen LogP contribution in [0.4, 0.5) is 13.2 Å². The van der Waals surface area contributed by atoms with E-state index in [1.807, 2.05) is 4.72 Å². The molecule has 0 radical (unpaired) electrons. The normalized spacial score (nSPS) is 14.5. The van der Waals surface area contributed by atoms with Crippen molar-refractivity contribution in [3.05, 3.63) is 58.7 Å². The number of halogens is 3. The average molecular weight is 448 g/mol. The minimum absolute atomic E-state index is 0.152. The van der Waals surface area contributed by atoms with E-state index in [9.17, 15) is 21.6 Å². The lowest BCUT2D eigenvalue weighted by molar-refractivity contribution is -0.151. The molecule has 0 aliphatic carbocycles. The lowest BCUT2D eigenvalue weighted by atomic mass is 10.1. The van der Waals surface area contributed by atoms with Gasteiger partial charge in [0, 0.05) is 0 Å². The molecular weight excluding hydrogens is 423 g/mol. The lowest BCUT2D eigenvalue weighted by Gasteiger charge is -2.27.